The van der Waals surface area contributed by atoms with Gasteiger partial charge < -0.3 is 30.1 Å². The van der Waals surface area contributed by atoms with Gasteiger partial charge in [-0.15, -0.1) is 0 Å². The van der Waals surface area contributed by atoms with E-state index in [1.807, 2.05) is 6.92 Å². The fraction of sp³-hybridized carbons (Fsp3) is 0.750. The number of oxime groups is 2. The highest BCUT2D eigenvalue weighted by molar-refractivity contribution is 6.05. The molecule has 0 radical (unpaired) electrons. The second-order valence-corrected chi connectivity index (χ2v) is 11.3. The van der Waals surface area contributed by atoms with Crippen LogP contribution in [0, 0.1) is 22.7 Å². The summed E-state index contributed by atoms with van der Waals surface area (Å²) in [6, 6.07) is 0. The number of aliphatic hydroxyl groups excluding tert-OH is 2. The maximum Gasteiger partial charge on any atom is 0.164 e. The number of rotatable bonds is 2. The Kier molecular flexibility index (Phi) is 4.97. The molecule has 9 atom stereocenters. The zero-order valence-electron chi connectivity index (χ0n) is 19.7. The zero-order valence-corrected chi connectivity index (χ0v) is 19.7. The number of halogens is 2. The number of aliphatic hydroxyl groups is 2. The highest BCUT2D eigenvalue weighted by Gasteiger charge is 2.80. The van der Waals surface area contributed by atoms with E-state index in [-0.39, 0.29) is 36.3 Å². The summed E-state index contributed by atoms with van der Waals surface area (Å²) in [6.07, 6.45) is 0.588. The van der Waals surface area contributed by atoms with Gasteiger partial charge >= 0.3 is 0 Å². The first-order valence-corrected chi connectivity index (χ1v) is 11.7. The van der Waals surface area contributed by atoms with Crippen LogP contribution in [0.15, 0.2) is 34.1 Å². The Morgan fingerprint density at radius 2 is 1.88 bits per heavy atom. The Bertz CT molecular complexity index is 1030. The van der Waals surface area contributed by atoms with Crippen molar-refractivity contribution in [3.63, 3.8) is 0 Å². The fourth-order valence-electron chi connectivity index (χ4n) is 8.12. The van der Waals surface area contributed by atoms with Crippen LogP contribution in [0.3, 0.4) is 0 Å². The summed E-state index contributed by atoms with van der Waals surface area (Å²) in [5, 5.41) is 47.0. The van der Waals surface area contributed by atoms with Crippen molar-refractivity contribution < 1.29 is 38.9 Å². The smallest absolute Gasteiger partial charge is 0.164 e. The number of hydrogen-bond donors (Lipinski definition) is 4. The first kappa shape index (κ1) is 23.8. The third-order valence-corrected chi connectivity index (χ3v) is 9.45. The maximum absolute atomic E-state index is 17.3. The first-order valence-electron chi connectivity index (χ1n) is 11.7. The van der Waals surface area contributed by atoms with Gasteiger partial charge in [0.2, 0.25) is 0 Å². The molecule has 10 heteroatoms. The summed E-state index contributed by atoms with van der Waals surface area (Å²) in [5.41, 5.74) is -5.88. The van der Waals surface area contributed by atoms with E-state index in [1.54, 1.807) is 20.8 Å². The molecule has 3 saturated carbocycles. The normalized spacial score (nSPS) is 52.6. The second kappa shape index (κ2) is 7.09. The molecule has 0 aromatic rings. The predicted octanol–water partition coefficient (Wildman–Crippen LogP) is 2.89. The molecule has 8 nitrogen and oxygen atoms in total. The lowest BCUT2D eigenvalue weighted by Gasteiger charge is -2.63. The number of fused-ring (bicyclic) bond motifs is 7. The van der Waals surface area contributed by atoms with Crippen molar-refractivity contribution in [3.05, 3.63) is 23.8 Å². The van der Waals surface area contributed by atoms with E-state index in [2.05, 4.69) is 10.3 Å². The van der Waals surface area contributed by atoms with Gasteiger partial charge in [0, 0.05) is 16.7 Å². The summed E-state index contributed by atoms with van der Waals surface area (Å²) in [7, 11) is 0. The number of alkyl halides is 2. The van der Waals surface area contributed by atoms with Crippen molar-refractivity contribution in [1.82, 2.24) is 0 Å². The number of nitrogens with zero attached hydrogens (tertiary/aromatic N) is 2. The topological polar surface area (TPSA) is 124 Å². The standard InChI is InChI=1S/C24H32F2N2O6/c1-20(2)33-19-9-13-14-8-16(25)15-7-12(27-31)5-6-21(15,3)23(14,26)18(30)10-22(13,4)24(19,34-20)17(11-29)28-32/h5-7,13-14,16,18-19,29-32H,8-11H2,1-4H3/b27-12?,28-17+/t13-,14-,16-,18-,19+,21-,22-,23-,24+/m0/s1. The molecule has 0 spiro atoms. The molecule has 1 aliphatic heterocycles. The molecular weight excluding hydrogens is 450 g/mol. The molecule has 0 aromatic carbocycles. The van der Waals surface area contributed by atoms with Crippen molar-refractivity contribution in [2.75, 3.05) is 6.61 Å². The quantitative estimate of drug-likeness (QED) is 0.273. The van der Waals surface area contributed by atoms with Gasteiger partial charge in [0.05, 0.1) is 18.8 Å². The third kappa shape index (κ3) is 2.55. The summed E-state index contributed by atoms with van der Waals surface area (Å²) in [6.45, 7) is 6.20. The lowest BCUT2D eigenvalue weighted by Crippen LogP contribution is -2.71. The van der Waals surface area contributed by atoms with Crippen molar-refractivity contribution in [2.45, 2.75) is 82.4 Å². The van der Waals surface area contributed by atoms with Crippen LogP contribution < -0.4 is 0 Å². The molecule has 0 amide bonds. The zero-order chi connectivity index (χ0) is 24.9. The van der Waals surface area contributed by atoms with Gasteiger partial charge in [0.25, 0.3) is 0 Å². The van der Waals surface area contributed by atoms with E-state index in [4.69, 9.17) is 14.7 Å². The molecule has 5 rings (SSSR count). The minimum Gasteiger partial charge on any atom is -0.411 e. The number of hydrogen-bond acceptors (Lipinski definition) is 8. The van der Waals surface area contributed by atoms with Gasteiger partial charge in [0.1, 0.15) is 23.2 Å². The van der Waals surface area contributed by atoms with E-state index in [0.717, 1.165) is 0 Å². The fourth-order valence-corrected chi connectivity index (χ4v) is 8.12. The van der Waals surface area contributed by atoms with Crippen LogP contribution >= 0.6 is 0 Å². The highest BCUT2D eigenvalue weighted by atomic mass is 19.1. The van der Waals surface area contributed by atoms with Crippen LogP contribution in [-0.4, -0.2) is 74.1 Å². The molecule has 0 bridgehead atoms. The van der Waals surface area contributed by atoms with Crippen molar-refractivity contribution in [3.8, 4) is 0 Å². The summed E-state index contributed by atoms with van der Waals surface area (Å²) in [4.78, 5) is 0. The first-order chi connectivity index (χ1) is 15.8. The van der Waals surface area contributed by atoms with E-state index in [0.29, 0.717) is 0 Å². The van der Waals surface area contributed by atoms with Crippen LogP contribution in [0.25, 0.3) is 0 Å². The Hall–Kier alpha value is -1.88. The predicted molar refractivity (Wildman–Crippen MR) is 117 cm³/mol. The maximum atomic E-state index is 17.3. The average molecular weight is 483 g/mol. The Balaban J connectivity index is 1.66. The van der Waals surface area contributed by atoms with Gasteiger partial charge in [-0.25, -0.2) is 8.78 Å². The van der Waals surface area contributed by atoms with Gasteiger partial charge in [-0.1, -0.05) is 23.3 Å². The molecule has 1 heterocycles. The average Bonchev–Trinajstić information content (AvgIpc) is 3.17. The second-order valence-electron chi connectivity index (χ2n) is 11.3. The molecule has 4 fully saturated rings. The molecule has 0 aromatic heterocycles. The van der Waals surface area contributed by atoms with Crippen LogP contribution in [0.5, 0.6) is 0 Å². The van der Waals surface area contributed by atoms with Gasteiger partial charge in [-0.05, 0) is 63.7 Å². The summed E-state index contributed by atoms with van der Waals surface area (Å²) < 4.78 is 45.5. The molecule has 188 valence electrons. The summed E-state index contributed by atoms with van der Waals surface area (Å²) >= 11 is 0. The van der Waals surface area contributed by atoms with Crippen molar-refractivity contribution in [2.24, 2.45) is 33.0 Å². The molecule has 4 aliphatic carbocycles. The Morgan fingerprint density at radius 1 is 1.18 bits per heavy atom. The van der Waals surface area contributed by atoms with E-state index in [1.165, 1.54) is 18.2 Å². The van der Waals surface area contributed by atoms with Gasteiger partial charge in [-0.3, -0.25) is 0 Å². The molecule has 0 unspecified atom stereocenters. The van der Waals surface area contributed by atoms with Crippen molar-refractivity contribution >= 4 is 11.4 Å². The Labute approximate surface area is 196 Å². The molecule has 1 saturated heterocycles. The molecular formula is C24H32F2N2O6. The molecule has 5 aliphatic rings. The lowest BCUT2D eigenvalue weighted by molar-refractivity contribution is -0.240. The van der Waals surface area contributed by atoms with Gasteiger partial charge in [0.15, 0.2) is 11.5 Å². The van der Waals surface area contributed by atoms with Crippen molar-refractivity contribution in [1.29, 1.82) is 0 Å². The Morgan fingerprint density at radius 3 is 2.50 bits per heavy atom. The molecule has 34 heavy (non-hydrogen) atoms. The van der Waals surface area contributed by atoms with Gasteiger partial charge in [-0.2, -0.15) is 0 Å². The van der Waals surface area contributed by atoms with E-state index < -0.39 is 64.7 Å². The lowest BCUT2D eigenvalue weighted by atomic mass is 9.44. The third-order valence-electron chi connectivity index (χ3n) is 9.45. The molecule has 4 N–H and O–H groups in total. The minimum atomic E-state index is -2.21. The number of allylic oxidation sites excluding steroid dienone is 4. The van der Waals surface area contributed by atoms with E-state index in [9.17, 15) is 15.4 Å². The monoisotopic (exact) mass is 482 g/mol. The summed E-state index contributed by atoms with van der Waals surface area (Å²) in [5.74, 6) is -2.47. The highest BCUT2D eigenvalue weighted by Crippen LogP contribution is 2.72. The van der Waals surface area contributed by atoms with Crippen LogP contribution in [0.1, 0.15) is 47.0 Å². The minimum absolute atomic E-state index is 0.0487. The van der Waals surface area contributed by atoms with E-state index >= 15 is 8.78 Å². The van der Waals surface area contributed by atoms with Crippen LogP contribution in [-0.2, 0) is 9.47 Å². The number of ether oxygens (including phenoxy) is 2. The largest absolute Gasteiger partial charge is 0.411 e. The van der Waals surface area contributed by atoms with Crippen LogP contribution in [0.4, 0.5) is 8.78 Å². The SMILES string of the molecule is CC1(C)O[C@@H]2C[C@H]3[C@@H]4C[C@H](F)C5=CC(=NO)C=C[C@]5(C)[C@@]4(F)[C@@H](O)C[C@]3(C)[C@]2(/C(CO)=N/O)O1. The van der Waals surface area contributed by atoms with Crippen LogP contribution in [0.2, 0.25) is 0 Å².